The number of anilines is 1. The Labute approximate surface area is 172 Å². The van der Waals surface area contributed by atoms with Crippen molar-refractivity contribution < 1.29 is 4.74 Å². The van der Waals surface area contributed by atoms with E-state index in [2.05, 4.69) is 38.5 Å². The molecule has 1 aliphatic carbocycles. The van der Waals surface area contributed by atoms with Crippen molar-refractivity contribution in [1.29, 1.82) is 0 Å². The van der Waals surface area contributed by atoms with Crippen LogP contribution in [-0.4, -0.2) is 63.3 Å². The van der Waals surface area contributed by atoms with Crippen LogP contribution >= 0.6 is 0 Å². The van der Waals surface area contributed by atoms with E-state index in [1.807, 2.05) is 24.0 Å². The molecule has 7 nitrogen and oxygen atoms in total. The molecule has 0 bridgehead atoms. The molecule has 29 heavy (non-hydrogen) atoms. The number of ether oxygens (including phenoxy) is 1. The van der Waals surface area contributed by atoms with Gasteiger partial charge in [-0.05, 0) is 68.6 Å². The summed E-state index contributed by atoms with van der Waals surface area (Å²) < 4.78 is 7.79. The minimum Gasteiger partial charge on any atom is -0.377 e. The zero-order chi connectivity index (χ0) is 19.8. The predicted molar refractivity (Wildman–Crippen MR) is 113 cm³/mol. The molecule has 2 saturated heterocycles. The largest absolute Gasteiger partial charge is 0.377 e. The summed E-state index contributed by atoms with van der Waals surface area (Å²) in [6.07, 6.45) is 8.60. The van der Waals surface area contributed by atoms with Crippen LogP contribution in [0.2, 0.25) is 0 Å². The van der Waals surface area contributed by atoms with Gasteiger partial charge in [0.2, 0.25) is 0 Å². The molecule has 3 unspecified atom stereocenters. The molecule has 0 spiro atoms. The molecule has 1 N–H and O–H groups in total. The normalized spacial score (nSPS) is 29.9. The van der Waals surface area contributed by atoms with E-state index in [-0.39, 0.29) is 0 Å². The van der Waals surface area contributed by atoms with Crippen molar-refractivity contribution in [3.63, 3.8) is 0 Å². The molecule has 0 radical (unpaired) electrons. The molecular formula is C22H32N6O. The first-order chi connectivity index (χ1) is 14.2. The van der Waals surface area contributed by atoms with Crippen LogP contribution < -0.4 is 5.32 Å². The molecule has 2 aromatic heterocycles. The fraction of sp³-hybridized carbons (Fsp3) is 0.682. The molecule has 3 aliphatic rings. The molecule has 0 amide bonds. The number of aromatic nitrogens is 4. The van der Waals surface area contributed by atoms with Crippen molar-refractivity contribution in [2.75, 3.05) is 31.6 Å². The molecule has 0 aromatic carbocycles. The van der Waals surface area contributed by atoms with Gasteiger partial charge < -0.3 is 15.0 Å². The van der Waals surface area contributed by atoms with Crippen molar-refractivity contribution in [3.8, 4) is 11.4 Å². The first kappa shape index (κ1) is 19.0. The number of hydrogen-bond donors (Lipinski definition) is 1. The van der Waals surface area contributed by atoms with Crippen LogP contribution in [0, 0.1) is 18.8 Å². The fourth-order valence-electron chi connectivity index (χ4n) is 5.56. The van der Waals surface area contributed by atoms with Gasteiger partial charge in [0, 0.05) is 39.3 Å². The molecule has 2 aliphatic heterocycles. The van der Waals surface area contributed by atoms with E-state index in [1.54, 1.807) is 0 Å². The summed E-state index contributed by atoms with van der Waals surface area (Å²) in [5.74, 6) is 2.49. The number of nitrogens with one attached hydrogen (secondary N) is 1. The molecular weight excluding hydrogens is 364 g/mol. The Hall–Kier alpha value is -1.99. The monoisotopic (exact) mass is 396 g/mol. The second kappa shape index (κ2) is 8.03. The predicted octanol–water partition coefficient (Wildman–Crippen LogP) is 2.88. The number of rotatable bonds is 5. The summed E-state index contributed by atoms with van der Waals surface area (Å²) >= 11 is 0. The maximum atomic E-state index is 5.94. The summed E-state index contributed by atoms with van der Waals surface area (Å²) in [7, 11) is 1.94. The van der Waals surface area contributed by atoms with Gasteiger partial charge in [-0.25, -0.2) is 0 Å². The number of aryl methyl sites for hydroxylation is 2. The highest BCUT2D eigenvalue weighted by atomic mass is 16.5. The van der Waals surface area contributed by atoms with Crippen molar-refractivity contribution in [2.24, 2.45) is 18.9 Å². The van der Waals surface area contributed by atoms with E-state index in [0.717, 1.165) is 47.8 Å². The van der Waals surface area contributed by atoms with Crippen molar-refractivity contribution in [3.05, 3.63) is 23.9 Å². The van der Waals surface area contributed by atoms with Gasteiger partial charge in [-0.2, -0.15) is 5.10 Å². The van der Waals surface area contributed by atoms with Crippen molar-refractivity contribution in [2.45, 2.75) is 51.2 Å². The lowest BCUT2D eigenvalue weighted by molar-refractivity contribution is -0.00303. The highest BCUT2D eigenvalue weighted by Crippen LogP contribution is 2.39. The second-order valence-electron chi connectivity index (χ2n) is 9.14. The van der Waals surface area contributed by atoms with Gasteiger partial charge in [0.25, 0.3) is 0 Å². The SMILES string of the molecule is Cc1cnn(C)c1-c1ccc(NC2CC3CN(CC4CCCCO4)CC3C2)nn1. The highest BCUT2D eigenvalue weighted by Gasteiger charge is 2.41. The minimum atomic E-state index is 0.466. The van der Waals surface area contributed by atoms with Crippen molar-refractivity contribution >= 4 is 5.82 Å². The third-order valence-electron chi connectivity index (χ3n) is 6.94. The van der Waals surface area contributed by atoms with Gasteiger partial charge >= 0.3 is 0 Å². The van der Waals surface area contributed by atoms with Crippen LogP contribution in [0.25, 0.3) is 11.4 Å². The van der Waals surface area contributed by atoms with Gasteiger partial charge in [-0.3, -0.25) is 4.68 Å². The molecule has 5 rings (SSSR count). The maximum Gasteiger partial charge on any atom is 0.148 e. The van der Waals surface area contributed by atoms with Crippen LogP contribution in [-0.2, 0) is 11.8 Å². The highest BCUT2D eigenvalue weighted by molar-refractivity contribution is 5.59. The van der Waals surface area contributed by atoms with Gasteiger partial charge in [0.1, 0.15) is 11.5 Å². The van der Waals surface area contributed by atoms with E-state index in [9.17, 15) is 0 Å². The first-order valence-corrected chi connectivity index (χ1v) is 11.1. The van der Waals surface area contributed by atoms with Crippen LogP contribution in [0.5, 0.6) is 0 Å². The smallest absolute Gasteiger partial charge is 0.148 e. The van der Waals surface area contributed by atoms with Crippen molar-refractivity contribution in [1.82, 2.24) is 24.9 Å². The zero-order valence-corrected chi connectivity index (χ0v) is 17.5. The summed E-state index contributed by atoms with van der Waals surface area (Å²) in [6, 6.07) is 4.60. The molecule has 2 aromatic rings. The van der Waals surface area contributed by atoms with E-state index >= 15 is 0 Å². The van der Waals surface area contributed by atoms with E-state index in [1.165, 1.54) is 45.2 Å². The van der Waals surface area contributed by atoms with Gasteiger partial charge in [0.15, 0.2) is 0 Å². The average molecular weight is 397 g/mol. The Kier molecular flexibility index (Phi) is 5.26. The summed E-state index contributed by atoms with van der Waals surface area (Å²) in [5.41, 5.74) is 3.02. The third kappa shape index (κ3) is 4.03. The Morgan fingerprint density at radius 3 is 2.59 bits per heavy atom. The quantitative estimate of drug-likeness (QED) is 0.838. The number of hydrogen-bond acceptors (Lipinski definition) is 6. The molecule has 1 saturated carbocycles. The Balaban J connectivity index is 1.14. The Bertz CT molecular complexity index is 795. The van der Waals surface area contributed by atoms with Gasteiger partial charge in [-0.15, -0.1) is 10.2 Å². The van der Waals surface area contributed by atoms with Crippen LogP contribution in [0.15, 0.2) is 18.3 Å². The van der Waals surface area contributed by atoms with E-state index in [4.69, 9.17) is 4.74 Å². The van der Waals surface area contributed by atoms with Crippen LogP contribution in [0.1, 0.15) is 37.7 Å². The molecule has 7 heteroatoms. The topological polar surface area (TPSA) is 68.1 Å². The lowest BCUT2D eigenvalue weighted by Crippen LogP contribution is -2.35. The van der Waals surface area contributed by atoms with Crippen LogP contribution in [0.4, 0.5) is 5.82 Å². The fourth-order valence-corrected chi connectivity index (χ4v) is 5.56. The third-order valence-corrected chi connectivity index (χ3v) is 6.94. The molecule has 3 atom stereocenters. The van der Waals surface area contributed by atoms with Gasteiger partial charge in [0.05, 0.1) is 18.0 Å². The molecule has 3 fully saturated rings. The zero-order valence-electron chi connectivity index (χ0n) is 17.5. The second-order valence-corrected chi connectivity index (χ2v) is 9.14. The molecule has 156 valence electrons. The Morgan fingerprint density at radius 1 is 1.14 bits per heavy atom. The lowest BCUT2D eigenvalue weighted by Gasteiger charge is -2.28. The minimum absolute atomic E-state index is 0.466. The van der Waals surface area contributed by atoms with Crippen LogP contribution in [0.3, 0.4) is 0 Å². The lowest BCUT2D eigenvalue weighted by atomic mass is 10.0. The first-order valence-electron chi connectivity index (χ1n) is 11.1. The summed E-state index contributed by atoms with van der Waals surface area (Å²) in [6.45, 7) is 6.60. The average Bonchev–Trinajstić information content (AvgIpc) is 3.36. The van der Waals surface area contributed by atoms with E-state index < -0.39 is 0 Å². The maximum absolute atomic E-state index is 5.94. The Morgan fingerprint density at radius 2 is 1.97 bits per heavy atom. The number of fused-ring (bicyclic) bond motifs is 1. The number of nitrogens with zero attached hydrogens (tertiary/aromatic N) is 5. The summed E-state index contributed by atoms with van der Waals surface area (Å²) in [4.78, 5) is 2.65. The summed E-state index contributed by atoms with van der Waals surface area (Å²) in [5, 5.41) is 16.8. The van der Waals surface area contributed by atoms with Gasteiger partial charge in [-0.1, -0.05) is 0 Å². The number of likely N-dealkylation sites (tertiary alicyclic amines) is 1. The molecule has 4 heterocycles. The van der Waals surface area contributed by atoms with E-state index in [0.29, 0.717) is 12.1 Å². The standard InChI is InChI=1S/C22H32N6O/c1-15-11-23-27(2)22(15)20-6-7-21(26-25-20)24-18-9-16-12-28(13-17(16)10-18)14-19-5-3-4-8-29-19/h6-7,11,16-19H,3-5,8-10,12-14H2,1-2H3,(H,24,26).